The van der Waals surface area contributed by atoms with Crippen molar-refractivity contribution in [2.75, 3.05) is 0 Å². The van der Waals surface area contributed by atoms with Crippen LogP contribution in [0.1, 0.15) is 20.3 Å². The van der Waals surface area contributed by atoms with Gasteiger partial charge in [0.25, 0.3) is 5.56 Å². The van der Waals surface area contributed by atoms with Gasteiger partial charge in [-0.25, -0.2) is 9.48 Å². The Hall–Kier alpha value is -2.48. The summed E-state index contributed by atoms with van der Waals surface area (Å²) in [6.45, 7) is 3.40. The van der Waals surface area contributed by atoms with Crippen molar-refractivity contribution in [1.29, 1.82) is 0 Å². The smallest absolute Gasteiger partial charge is 0.326 e. The lowest BCUT2D eigenvalue weighted by Crippen LogP contribution is -2.44. The molecule has 0 spiro atoms. The number of nitrogens with one attached hydrogen (secondary N) is 1. The minimum Gasteiger partial charge on any atom is -0.480 e. The minimum atomic E-state index is -1.10. The molecule has 1 aromatic carbocycles. The summed E-state index contributed by atoms with van der Waals surface area (Å²) in [5.74, 6) is -1.56. The van der Waals surface area contributed by atoms with Crippen LogP contribution in [-0.4, -0.2) is 32.8 Å². The van der Waals surface area contributed by atoms with Gasteiger partial charge in [0.1, 0.15) is 12.6 Å². The van der Waals surface area contributed by atoms with Gasteiger partial charge in [-0.3, -0.25) is 9.59 Å². The first kappa shape index (κ1) is 19.8. The Morgan fingerprint density at radius 1 is 1.19 bits per heavy atom. The third-order valence-electron chi connectivity index (χ3n) is 3.64. The summed E-state index contributed by atoms with van der Waals surface area (Å²) in [6, 6.07) is 9.30. The lowest BCUT2D eigenvalue weighted by molar-refractivity contribution is -0.142. The van der Waals surface area contributed by atoms with Gasteiger partial charge >= 0.3 is 5.97 Å². The normalized spacial score (nSPS) is 12.0. The van der Waals surface area contributed by atoms with Crippen molar-refractivity contribution >= 4 is 27.8 Å². The maximum Gasteiger partial charge on any atom is 0.326 e. The summed E-state index contributed by atoms with van der Waals surface area (Å²) in [4.78, 5) is 35.4. The van der Waals surface area contributed by atoms with Crippen LogP contribution < -0.4 is 10.9 Å². The van der Waals surface area contributed by atoms with Gasteiger partial charge in [0, 0.05) is 16.1 Å². The molecule has 0 saturated heterocycles. The summed E-state index contributed by atoms with van der Waals surface area (Å²) in [6.07, 6.45) is 0.308. The van der Waals surface area contributed by atoms with Crippen molar-refractivity contribution < 1.29 is 14.7 Å². The number of carboxylic acids is 1. The first-order valence-corrected chi connectivity index (χ1v) is 8.92. The molecule has 8 heteroatoms. The number of nitrogens with zero attached hydrogens (tertiary/aromatic N) is 2. The molecule has 0 aliphatic carbocycles. The van der Waals surface area contributed by atoms with Crippen molar-refractivity contribution in [3.05, 3.63) is 51.2 Å². The van der Waals surface area contributed by atoms with Crippen LogP contribution in [0.25, 0.3) is 11.3 Å². The Morgan fingerprint density at radius 3 is 2.42 bits per heavy atom. The van der Waals surface area contributed by atoms with Crippen molar-refractivity contribution in [3.8, 4) is 11.3 Å². The van der Waals surface area contributed by atoms with Gasteiger partial charge in [0.2, 0.25) is 5.91 Å². The Balaban J connectivity index is 2.16. The number of aromatic nitrogens is 2. The van der Waals surface area contributed by atoms with Crippen LogP contribution >= 0.6 is 15.9 Å². The number of rotatable bonds is 7. The summed E-state index contributed by atoms with van der Waals surface area (Å²) in [5.41, 5.74) is 0.907. The van der Waals surface area contributed by atoms with Gasteiger partial charge in [0.15, 0.2) is 0 Å². The van der Waals surface area contributed by atoms with Gasteiger partial charge in [-0.1, -0.05) is 41.9 Å². The molecule has 0 fully saturated rings. The van der Waals surface area contributed by atoms with E-state index >= 15 is 0 Å². The number of carboxylic acid groups (broad SMARTS) is 1. The van der Waals surface area contributed by atoms with E-state index in [1.54, 1.807) is 6.07 Å². The molecule has 1 aromatic heterocycles. The zero-order chi connectivity index (χ0) is 19.3. The van der Waals surface area contributed by atoms with Crippen LogP contribution in [0.4, 0.5) is 0 Å². The van der Waals surface area contributed by atoms with Crippen molar-refractivity contribution in [2.24, 2.45) is 5.92 Å². The molecule has 0 aliphatic rings. The highest BCUT2D eigenvalue weighted by Gasteiger charge is 2.21. The summed E-state index contributed by atoms with van der Waals surface area (Å²) in [7, 11) is 0. The zero-order valence-corrected chi connectivity index (χ0v) is 16.1. The third kappa shape index (κ3) is 5.52. The van der Waals surface area contributed by atoms with E-state index in [1.165, 1.54) is 6.07 Å². The molecule has 1 amide bonds. The minimum absolute atomic E-state index is 0.109. The Kier molecular flexibility index (Phi) is 6.68. The number of halogens is 1. The molecule has 7 nitrogen and oxygen atoms in total. The molecular weight excluding hydrogens is 402 g/mol. The standard InChI is InChI=1S/C18H20BrN3O4/c1-11(2)9-15(18(25)26)20-16(23)10-22-17(24)8-7-14(21-22)12-3-5-13(19)6-4-12/h3-8,11,15H,9-10H2,1-2H3,(H,20,23)(H,25,26)/t15-/m1/s1. The first-order valence-electron chi connectivity index (χ1n) is 8.12. The number of carbonyl (C=O) groups is 2. The molecule has 0 saturated carbocycles. The third-order valence-corrected chi connectivity index (χ3v) is 4.17. The fourth-order valence-corrected chi connectivity index (χ4v) is 2.67. The van der Waals surface area contributed by atoms with E-state index in [2.05, 4.69) is 26.3 Å². The lowest BCUT2D eigenvalue weighted by atomic mass is 10.0. The maximum absolute atomic E-state index is 12.2. The van der Waals surface area contributed by atoms with E-state index in [0.717, 1.165) is 14.7 Å². The van der Waals surface area contributed by atoms with Gasteiger partial charge in [0.05, 0.1) is 5.69 Å². The van der Waals surface area contributed by atoms with Crippen molar-refractivity contribution in [3.63, 3.8) is 0 Å². The molecule has 26 heavy (non-hydrogen) atoms. The summed E-state index contributed by atoms with van der Waals surface area (Å²) >= 11 is 3.35. The number of amides is 1. The number of aliphatic carboxylic acids is 1. The highest BCUT2D eigenvalue weighted by atomic mass is 79.9. The molecule has 1 atom stereocenters. The largest absolute Gasteiger partial charge is 0.480 e. The number of benzene rings is 1. The van der Waals surface area contributed by atoms with Crippen molar-refractivity contribution in [1.82, 2.24) is 15.1 Å². The van der Waals surface area contributed by atoms with Crippen LogP contribution in [0.15, 0.2) is 45.7 Å². The average molecular weight is 422 g/mol. The van der Waals surface area contributed by atoms with E-state index in [-0.39, 0.29) is 12.5 Å². The second kappa shape index (κ2) is 8.75. The number of carbonyl (C=O) groups excluding carboxylic acids is 1. The van der Waals surface area contributed by atoms with Crippen LogP contribution in [-0.2, 0) is 16.1 Å². The average Bonchev–Trinajstić information content (AvgIpc) is 2.56. The highest BCUT2D eigenvalue weighted by molar-refractivity contribution is 9.10. The van der Waals surface area contributed by atoms with Crippen LogP contribution in [0.3, 0.4) is 0 Å². The second-order valence-corrected chi connectivity index (χ2v) is 7.22. The molecule has 2 rings (SSSR count). The molecule has 0 bridgehead atoms. The quantitative estimate of drug-likeness (QED) is 0.713. The van der Waals surface area contributed by atoms with E-state index in [9.17, 15) is 19.5 Å². The molecule has 2 aromatic rings. The Labute approximate surface area is 159 Å². The molecule has 0 radical (unpaired) electrons. The Morgan fingerprint density at radius 2 is 1.85 bits per heavy atom. The number of hydrogen-bond donors (Lipinski definition) is 2. The van der Waals surface area contributed by atoms with E-state index in [1.807, 2.05) is 38.1 Å². The highest BCUT2D eigenvalue weighted by Crippen LogP contribution is 2.18. The lowest BCUT2D eigenvalue weighted by Gasteiger charge is -2.16. The van der Waals surface area contributed by atoms with E-state index in [4.69, 9.17) is 0 Å². The van der Waals surface area contributed by atoms with Crippen LogP contribution in [0.2, 0.25) is 0 Å². The predicted molar refractivity (Wildman–Crippen MR) is 101 cm³/mol. The van der Waals surface area contributed by atoms with Gasteiger partial charge < -0.3 is 10.4 Å². The van der Waals surface area contributed by atoms with E-state index in [0.29, 0.717) is 12.1 Å². The van der Waals surface area contributed by atoms with Gasteiger partial charge in [-0.2, -0.15) is 5.10 Å². The SMILES string of the molecule is CC(C)C[C@@H](NC(=O)Cn1nc(-c2ccc(Br)cc2)ccc1=O)C(=O)O. The molecule has 0 unspecified atom stereocenters. The van der Waals surface area contributed by atoms with E-state index < -0.39 is 23.5 Å². The zero-order valence-electron chi connectivity index (χ0n) is 14.5. The molecule has 1 heterocycles. The predicted octanol–water partition coefficient (Wildman–Crippen LogP) is 2.29. The Bertz CT molecular complexity index is 846. The summed E-state index contributed by atoms with van der Waals surface area (Å²) < 4.78 is 1.94. The molecule has 2 N–H and O–H groups in total. The fourth-order valence-electron chi connectivity index (χ4n) is 2.41. The van der Waals surface area contributed by atoms with Crippen molar-refractivity contribution in [2.45, 2.75) is 32.9 Å². The van der Waals surface area contributed by atoms with Crippen LogP contribution in [0, 0.1) is 5.92 Å². The fraction of sp³-hybridized carbons (Fsp3) is 0.333. The van der Waals surface area contributed by atoms with Crippen LogP contribution in [0.5, 0.6) is 0 Å². The van der Waals surface area contributed by atoms with Gasteiger partial charge in [-0.15, -0.1) is 0 Å². The summed E-state index contributed by atoms with van der Waals surface area (Å²) in [5, 5.41) is 15.9. The first-order chi connectivity index (χ1) is 12.3. The molecular formula is C18H20BrN3O4. The second-order valence-electron chi connectivity index (χ2n) is 6.31. The number of hydrogen-bond acceptors (Lipinski definition) is 4. The topological polar surface area (TPSA) is 101 Å². The maximum atomic E-state index is 12.2. The molecule has 138 valence electrons. The van der Waals surface area contributed by atoms with Gasteiger partial charge in [-0.05, 0) is 30.5 Å². The molecule has 0 aliphatic heterocycles. The monoisotopic (exact) mass is 421 g/mol.